The van der Waals surface area contributed by atoms with Gasteiger partial charge in [0.2, 0.25) is 0 Å². The van der Waals surface area contributed by atoms with Crippen molar-refractivity contribution in [3.8, 4) is 0 Å². The zero-order valence-corrected chi connectivity index (χ0v) is 9.05. The molecule has 1 aromatic heterocycles. The maximum atomic E-state index is 11.5. The van der Waals surface area contributed by atoms with E-state index in [1.54, 1.807) is 17.8 Å². The van der Waals surface area contributed by atoms with Gasteiger partial charge in [0.25, 0.3) is 5.56 Å². The molecule has 0 amide bonds. The normalized spacial score (nSPS) is 10.8. The van der Waals surface area contributed by atoms with Crippen LogP contribution in [0.2, 0.25) is 0 Å². The van der Waals surface area contributed by atoms with Crippen molar-refractivity contribution in [2.75, 3.05) is 0 Å². The Bertz CT molecular complexity index is 341. The van der Waals surface area contributed by atoms with Crippen molar-refractivity contribution >= 4 is 15.9 Å². The Morgan fingerprint density at radius 2 is 2.08 bits per heavy atom. The van der Waals surface area contributed by atoms with Gasteiger partial charge in [-0.05, 0) is 27.9 Å². The number of aromatic nitrogens is 1. The average molecular weight is 230 g/mol. The fourth-order valence-electron chi connectivity index (χ4n) is 1.11. The number of aryl methyl sites for hydroxylation is 1. The first kappa shape index (κ1) is 9.52. The molecule has 0 N–H and O–H groups in total. The third-order valence-corrected chi connectivity index (χ3v) is 2.23. The topological polar surface area (TPSA) is 22.0 Å². The molecular formula is C9H12BrNO. The van der Waals surface area contributed by atoms with Crippen molar-refractivity contribution in [2.24, 2.45) is 7.05 Å². The first-order valence-electron chi connectivity index (χ1n) is 3.88. The van der Waals surface area contributed by atoms with Gasteiger partial charge in [0.15, 0.2) is 0 Å². The van der Waals surface area contributed by atoms with E-state index in [0.29, 0.717) is 0 Å². The second-order valence-electron chi connectivity index (χ2n) is 3.18. The molecule has 0 atom stereocenters. The number of hydrogen-bond acceptors (Lipinski definition) is 1. The van der Waals surface area contributed by atoms with Crippen LogP contribution in [-0.4, -0.2) is 4.57 Å². The van der Waals surface area contributed by atoms with E-state index in [4.69, 9.17) is 0 Å². The van der Waals surface area contributed by atoms with Crippen molar-refractivity contribution < 1.29 is 0 Å². The van der Waals surface area contributed by atoms with Crippen molar-refractivity contribution in [2.45, 2.75) is 19.8 Å². The number of pyridine rings is 1. The molecule has 0 spiro atoms. The quantitative estimate of drug-likeness (QED) is 0.725. The monoisotopic (exact) mass is 229 g/mol. The van der Waals surface area contributed by atoms with Gasteiger partial charge < -0.3 is 4.57 Å². The molecular weight excluding hydrogens is 218 g/mol. The summed E-state index contributed by atoms with van der Waals surface area (Å²) in [5.74, 6) is 0.279. The molecule has 0 aromatic carbocycles. The van der Waals surface area contributed by atoms with E-state index < -0.39 is 0 Å². The minimum Gasteiger partial charge on any atom is -0.317 e. The molecule has 0 saturated carbocycles. The summed E-state index contributed by atoms with van der Waals surface area (Å²) >= 11 is 3.36. The summed E-state index contributed by atoms with van der Waals surface area (Å²) in [4.78, 5) is 11.5. The average Bonchev–Trinajstić information content (AvgIpc) is 1.96. The molecule has 1 heterocycles. The predicted octanol–water partition coefficient (Wildman–Crippen LogP) is 2.27. The van der Waals surface area contributed by atoms with Gasteiger partial charge in [-0.2, -0.15) is 0 Å². The summed E-state index contributed by atoms with van der Waals surface area (Å²) in [6.45, 7) is 4.03. The summed E-state index contributed by atoms with van der Waals surface area (Å²) in [7, 11) is 1.76. The summed E-state index contributed by atoms with van der Waals surface area (Å²) < 4.78 is 2.55. The van der Waals surface area contributed by atoms with Crippen molar-refractivity contribution in [3.05, 3.63) is 32.7 Å². The first-order valence-corrected chi connectivity index (χ1v) is 4.67. The third kappa shape index (κ3) is 1.78. The van der Waals surface area contributed by atoms with E-state index >= 15 is 0 Å². The smallest absolute Gasteiger partial charge is 0.253 e. The standard InChI is InChI=1S/C9H12BrNO/c1-6(2)8-4-7(10)5-11(3)9(8)12/h4-6H,1-3H3. The Labute approximate surface area is 80.3 Å². The van der Waals surface area contributed by atoms with Crippen molar-refractivity contribution in [3.63, 3.8) is 0 Å². The fraction of sp³-hybridized carbons (Fsp3) is 0.444. The van der Waals surface area contributed by atoms with Crippen LogP contribution in [-0.2, 0) is 7.05 Å². The Kier molecular flexibility index (Phi) is 2.73. The highest BCUT2D eigenvalue weighted by Crippen LogP contribution is 2.14. The zero-order valence-electron chi connectivity index (χ0n) is 7.47. The Balaban J connectivity index is 3.38. The SMILES string of the molecule is CC(C)c1cc(Br)cn(C)c1=O. The second kappa shape index (κ2) is 3.44. The number of nitrogens with zero attached hydrogens (tertiary/aromatic N) is 1. The summed E-state index contributed by atoms with van der Waals surface area (Å²) in [6.07, 6.45) is 1.77. The van der Waals surface area contributed by atoms with Crippen LogP contribution in [0.4, 0.5) is 0 Å². The fourth-order valence-corrected chi connectivity index (χ4v) is 1.66. The highest BCUT2D eigenvalue weighted by Gasteiger charge is 2.06. The first-order chi connectivity index (χ1) is 5.52. The number of halogens is 1. The van der Waals surface area contributed by atoms with Gasteiger partial charge >= 0.3 is 0 Å². The molecule has 1 rings (SSSR count). The molecule has 0 aliphatic rings. The lowest BCUT2D eigenvalue weighted by Gasteiger charge is -2.06. The summed E-state index contributed by atoms with van der Waals surface area (Å²) in [6, 6.07) is 1.88. The van der Waals surface area contributed by atoms with Gasteiger partial charge in [-0.15, -0.1) is 0 Å². The van der Waals surface area contributed by atoms with E-state index in [-0.39, 0.29) is 11.5 Å². The highest BCUT2D eigenvalue weighted by atomic mass is 79.9. The van der Waals surface area contributed by atoms with Gasteiger partial charge in [0, 0.05) is 23.3 Å². The molecule has 0 aliphatic heterocycles. The lowest BCUT2D eigenvalue weighted by molar-refractivity contribution is 0.777. The molecule has 12 heavy (non-hydrogen) atoms. The Morgan fingerprint density at radius 3 is 2.58 bits per heavy atom. The van der Waals surface area contributed by atoms with Gasteiger partial charge in [-0.25, -0.2) is 0 Å². The van der Waals surface area contributed by atoms with E-state index in [0.717, 1.165) is 10.0 Å². The second-order valence-corrected chi connectivity index (χ2v) is 4.10. The van der Waals surface area contributed by atoms with Crippen LogP contribution in [0.25, 0.3) is 0 Å². The van der Waals surface area contributed by atoms with Crippen LogP contribution < -0.4 is 5.56 Å². The molecule has 0 unspecified atom stereocenters. The van der Waals surface area contributed by atoms with Crippen LogP contribution in [0.5, 0.6) is 0 Å². The molecule has 1 aromatic rings. The molecule has 66 valence electrons. The third-order valence-electron chi connectivity index (χ3n) is 1.80. The summed E-state index contributed by atoms with van der Waals surface area (Å²) in [5, 5.41) is 0. The van der Waals surface area contributed by atoms with Crippen molar-refractivity contribution in [1.29, 1.82) is 0 Å². The number of hydrogen-bond donors (Lipinski definition) is 0. The van der Waals surface area contributed by atoms with Gasteiger partial charge in [0.05, 0.1) is 0 Å². The highest BCUT2D eigenvalue weighted by molar-refractivity contribution is 9.10. The van der Waals surface area contributed by atoms with Crippen LogP contribution in [0.3, 0.4) is 0 Å². The Hall–Kier alpha value is -0.570. The lowest BCUT2D eigenvalue weighted by Crippen LogP contribution is -2.21. The van der Waals surface area contributed by atoms with Gasteiger partial charge in [-0.3, -0.25) is 4.79 Å². The van der Waals surface area contributed by atoms with Crippen LogP contribution in [0.1, 0.15) is 25.3 Å². The minimum atomic E-state index is 0.0909. The van der Waals surface area contributed by atoms with Crippen LogP contribution in [0.15, 0.2) is 21.5 Å². The molecule has 0 bridgehead atoms. The van der Waals surface area contributed by atoms with E-state index in [9.17, 15) is 4.79 Å². The van der Waals surface area contributed by atoms with Gasteiger partial charge in [0.1, 0.15) is 0 Å². The molecule has 0 fully saturated rings. The summed E-state index contributed by atoms with van der Waals surface area (Å²) in [5.41, 5.74) is 0.945. The van der Waals surface area contributed by atoms with Crippen LogP contribution >= 0.6 is 15.9 Å². The Morgan fingerprint density at radius 1 is 1.50 bits per heavy atom. The van der Waals surface area contributed by atoms with E-state index in [1.807, 2.05) is 19.9 Å². The molecule has 0 aliphatic carbocycles. The van der Waals surface area contributed by atoms with Gasteiger partial charge in [-0.1, -0.05) is 13.8 Å². The zero-order chi connectivity index (χ0) is 9.30. The minimum absolute atomic E-state index is 0.0909. The molecule has 2 nitrogen and oxygen atoms in total. The molecule has 0 radical (unpaired) electrons. The maximum absolute atomic E-state index is 11.5. The number of rotatable bonds is 1. The molecule has 3 heteroatoms. The molecule has 0 saturated heterocycles. The largest absolute Gasteiger partial charge is 0.317 e. The van der Waals surface area contributed by atoms with E-state index in [2.05, 4.69) is 15.9 Å². The predicted molar refractivity (Wildman–Crippen MR) is 53.5 cm³/mol. The lowest BCUT2D eigenvalue weighted by atomic mass is 10.1. The maximum Gasteiger partial charge on any atom is 0.253 e. The van der Waals surface area contributed by atoms with Crippen molar-refractivity contribution in [1.82, 2.24) is 4.57 Å². The van der Waals surface area contributed by atoms with Crippen LogP contribution in [0, 0.1) is 0 Å². The van der Waals surface area contributed by atoms with E-state index in [1.165, 1.54) is 0 Å².